The van der Waals surface area contributed by atoms with Gasteiger partial charge in [0.25, 0.3) is 5.91 Å². The van der Waals surface area contributed by atoms with Crippen molar-refractivity contribution in [3.63, 3.8) is 0 Å². The van der Waals surface area contributed by atoms with Crippen molar-refractivity contribution in [2.24, 2.45) is 11.8 Å². The van der Waals surface area contributed by atoms with Crippen LogP contribution in [-0.2, 0) is 4.79 Å². The SMILES string of the molecule is CCCN(CN1C(=O)NC2(C1=O)[C@H](C)CCC[C@H]2C)CC(F)(F)F. The highest BCUT2D eigenvalue weighted by Gasteiger charge is 2.58. The van der Waals surface area contributed by atoms with Gasteiger partial charge in [0, 0.05) is 0 Å². The highest BCUT2D eigenvalue weighted by molar-refractivity contribution is 6.07. The van der Waals surface area contributed by atoms with E-state index in [-0.39, 0.29) is 31.0 Å². The molecule has 1 spiro atoms. The summed E-state index contributed by atoms with van der Waals surface area (Å²) in [5.74, 6) is -0.426. The van der Waals surface area contributed by atoms with E-state index in [9.17, 15) is 22.8 Å². The highest BCUT2D eigenvalue weighted by atomic mass is 19.4. The van der Waals surface area contributed by atoms with E-state index in [1.54, 1.807) is 6.92 Å². The van der Waals surface area contributed by atoms with Gasteiger partial charge in [0.05, 0.1) is 13.2 Å². The summed E-state index contributed by atoms with van der Waals surface area (Å²) in [5.41, 5.74) is -0.967. The lowest BCUT2D eigenvalue weighted by molar-refractivity contribution is -0.154. The van der Waals surface area contributed by atoms with Crippen molar-refractivity contribution in [1.82, 2.24) is 15.1 Å². The van der Waals surface area contributed by atoms with Gasteiger partial charge in [0.15, 0.2) is 0 Å². The highest BCUT2D eigenvalue weighted by Crippen LogP contribution is 2.42. The predicted molar refractivity (Wildman–Crippen MR) is 83.1 cm³/mol. The fourth-order valence-corrected chi connectivity index (χ4v) is 4.05. The number of carbonyl (C=O) groups excluding carboxylic acids is 2. The second-order valence-corrected chi connectivity index (χ2v) is 7.07. The summed E-state index contributed by atoms with van der Waals surface area (Å²) in [5, 5.41) is 2.81. The lowest BCUT2D eigenvalue weighted by atomic mass is 9.67. The van der Waals surface area contributed by atoms with Gasteiger partial charge in [-0.25, -0.2) is 9.69 Å². The molecule has 0 aromatic rings. The monoisotopic (exact) mass is 349 g/mol. The minimum atomic E-state index is -4.36. The van der Waals surface area contributed by atoms with Gasteiger partial charge in [-0.05, 0) is 37.6 Å². The minimum Gasteiger partial charge on any atom is -0.323 e. The molecular formula is C16H26F3N3O2. The minimum absolute atomic E-state index is 0.0232. The second-order valence-electron chi connectivity index (χ2n) is 7.07. The molecule has 2 aliphatic rings. The lowest BCUT2D eigenvalue weighted by Crippen LogP contribution is -2.59. The largest absolute Gasteiger partial charge is 0.401 e. The molecule has 138 valence electrons. The number of carbonyl (C=O) groups is 2. The van der Waals surface area contributed by atoms with Crippen molar-refractivity contribution in [1.29, 1.82) is 0 Å². The maximum Gasteiger partial charge on any atom is 0.401 e. The summed E-state index contributed by atoms with van der Waals surface area (Å²) < 4.78 is 38.2. The Morgan fingerprint density at radius 2 is 1.83 bits per heavy atom. The van der Waals surface area contributed by atoms with Gasteiger partial charge >= 0.3 is 12.2 Å². The van der Waals surface area contributed by atoms with Gasteiger partial charge in [-0.15, -0.1) is 0 Å². The Hall–Kier alpha value is -1.31. The number of imide groups is 1. The molecule has 0 aromatic heterocycles. The molecule has 0 bridgehead atoms. The van der Waals surface area contributed by atoms with E-state index < -0.39 is 24.3 Å². The van der Waals surface area contributed by atoms with Crippen LogP contribution in [0.4, 0.5) is 18.0 Å². The Morgan fingerprint density at radius 1 is 1.25 bits per heavy atom. The van der Waals surface area contributed by atoms with Crippen LogP contribution in [0, 0.1) is 11.8 Å². The first kappa shape index (κ1) is 19.0. The summed E-state index contributed by atoms with van der Waals surface area (Å²) in [4.78, 5) is 27.4. The van der Waals surface area contributed by atoms with Crippen LogP contribution in [0.3, 0.4) is 0 Å². The Morgan fingerprint density at radius 3 is 2.33 bits per heavy atom. The maximum atomic E-state index is 13.0. The smallest absolute Gasteiger partial charge is 0.323 e. The molecule has 2 atom stereocenters. The summed E-state index contributed by atoms with van der Waals surface area (Å²) in [7, 11) is 0. The molecule has 1 saturated heterocycles. The fraction of sp³-hybridized carbons (Fsp3) is 0.875. The fourth-order valence-electron chi connectivity index (χ4n) is 4.05. The summed E-state index contributed by atoms with van der Waals surface area (Å²) in [6.45, 7) is 4.35. The molecular weight excluding hydrogens is 323 g/mol. The molecule has 0 aromatic carbocycles. The summed E-state index contributed by atoms with van der Waals surface area (Å²) in [6, 6.07) is -0.580. The van der Waals surface area contributed by atoms with Gasteiger partial charge in [0.2, 0.25) is 0 Å². The number of alkyl halides is 3. The summed E-state index contributed by atoms with van der Waals surface area (Å²) >= 11 is 0. The van der Waals surface area contributed by atoms with Gasteiger partial charge in [0.1, 0.15) is 5.54 Å². The maximum absolute atomic E-state index is 13.0. The van der Waals surface area contributed by atoms with Crippen LogP contribution in [0.1, 0.15) is 46.5 Å². The van der Waals surface area contributed by atoms with Crippen LogP contribution in [0.2, 0.25) is 0 Å². The van der Waals surface area contributed by atoms with Crippen molar-refractivity contribution in [3.8, 4) is 0 Å². The third-order valence-corrected chi connectivity index (χ3v) is 5.27. The molecule has 8 heteroatoms. The molecule has 0 radical (unpaired) electrons. The standard InChI is InChI=1S/C16H26F3N3O2/c1-4-8-21(9-15(17,18)19)10-22-13(23)16(20-14(22)24)11(2)6-5-7-12(16)3/h11-12H,4-10H2,1-3H3,(H,20,24)/t11-,12-/m1/s1. The van der Waals surface area contributed by atoms with E-state index in [1.165, 1.54) is 0 Å². The van der Waals surface area contributed by atoms with Gasteiger partial charge in [-0.2, -0.15) is 13.2 Å². The van der Waals surface area contributed by atoms with E-state index in [0.717, 1.165) is 29.1 Å². The van der Waals surface area contributed by atoms with E-state index >= 15 is 0 Å². The molecule has 2 fully saturated rings. The van der Waals surface area contributed by atoms with E-state index in [1.807, 2.05) is 13.8 Å². The van der Waals surface area contributed by atoms with Crippen LogP contribution >= 0.6 is 0 Å². The molecule has 1 saturated carbocycles. The van der Waals surface area contributed by atoms with Gasteiger partial charge < -0.3 is 5.32 Å². The molecule has 3 amide bonds. The van der Waals surface area contributed by atoms with E-state index in [2.05, 4.69) is 5.32 Å². The number of nitrogens with one attached hydrogen (secondary N) is 1. The number of hydrogen-bond donors (Lipinski definition) is 1. The number of urea groups is 1. The van der Waals surface area contributed by atoms with Crippen molar-refractivity contribution in [2.45, 2.75) is 58.2 Å². The zero-order chi connectivity index (χ0) is 18.1. The zero-order valence-corrected chi connectivity index (χ0v) is 14.4. The van der Waals surface area contributed by atoms with Crippen molar-refractivity contribution in [3.05, 3.63) is 0 Å². The Balaban J connectivity index is 2.18. The first-order chi connectivity index (χ1) is 11.1. The lowest BCUT2D eigenvalue weighted by Gasteiger charge is -2.42. The first-order valence-corrected chi connectivity index (χ1v) is 8.55. The second kappa shape index (κ2) is 6.90. The van der Waals surface area contributed by atoms with Crippen LogP contribution in [-0.4, -0.2) is 53.2 Å². The average Bonchev–Trinajstić information content (AvgIpc) is 2.69. The normalized spacial score (nSPS) is 27.2. The predicted octanol–water partition coefficient (Wildman–Crippen LogP) is 2.96. The number of halogens is 3. The molecule has 1 aliphatic carbocycles. The molecule has 1 N–H and O–H groups in total. The molecule has 1 aliphatic heterocycles. The van der Waals surface area contributed by atoms with Crippen molar-refractivity contribution >= 4 is 11.9 Å². The quantitative estimate of drug-likeness (QED) is 0.777. The first-order valence-electron chi connectivity index (χ1n) is 8.55. The number of amides is 3. The topological polar surface area (TPSA) is 52.6 Å². The molecule has 0 unspecified atom stereocenters. The average molecular weight is 349 g/mol. The van der Waals surface area contributed by atoms with Crippen LogP contribution < -0.4 is 5.32 Å². The van der Waals surface area contributed by atoms with Crippen LogP contribution in [0.5, 0.6) is 0 Å². The van der Waals surface area contributed by atoms with Crippen molar-refractivity contribution < 1.29 is 22.8 Å². The number of nitrogens with zero attached hydrogens (tertiary/aromatic N) is 2. The van der Waals surface area contributed by atoms with Crippen LogP contribution in [0.15, 0.2) is 0 Å². The van der Waals surface area contributed by atoms with Gasteiger partial charge in [-0.3, -0.25) is 9.69 Å². The molecule has 2 rings (SSSR count). The van der Waals surface area contributed by atoms with E-state index in [4.69, 9.17) is 0 Å². The Labute approximate surface area is 140 Å². The third-order valence-electron chi connectivity index (χ3n) is 5.27. The Kier molecular flexibility index (Phi) is 5.47. The molecule has 24 heavy (non-hydrogen) atoms. The zero-order valence-electron chi connectivity index (χ0n) is 14.4. The molecule has 5 nitrogen and oxygen atoms in total. The van der Waals surface area contributed by atoms with E-state index in [0.29, 0.717) is 6.42 Å². The van der Waals surface area contributed by atoms with Crippen molar-refractivity contribution in [2.75, 3.05) is 19.8 Å². The van der Waals surface area contributed by atoms with Crippen LogP contribution in [0.25, 0.3) is 0 Å². The number of rotatable bonds is 5. The Bertz CT molecular complexity index is 485. The third kappa shape index (κ3) is 3.53. The number of hydrogen-bond acceptors (Lipinski definition) is 3. The molecule has 1 heterocycles. The van der Waals surface area contributed by atoms with Gasteiger partial charge in [-0.1, -0.05) is 27.2 Å². The summed E-state index contributed by atoms with van der Waals surface area (Å²) in [6.07, 6.45) is -1.21.